The Hall–Kier alpha value is -3.46. The second-order valence-corrected chi connectivity index (χ2v) is 9.00. The summed E-state index contributed by atoms with van der Waals surface area (Å²) >= 11 is 1.24. The van der Waals surface area contributed by atoms with E-state index in [1.807, 2.05) is 43.3 Å². The molecule has 9 heteroatoms. The lowest BCUT2D eigenvalue weighted by Gasteiger charge is -2.20. The van der Waals surface area contributed by atoms with Crippen LogP contribution in [0.25, 0.3) is 22.1 Å². The van der Waals surface area contributed by atoms with Crippen LogP contribution in [0.3, 0.4) is 0 Å². The van der Waals surface area contributed by atoms with E-state index in [-0.39, 0.29) is 5.91 Å². The summed E-state index contributed by atoms with van der Waals surface area (Å²) in [5.74, 6) is -0.813. The highest BCUT2D eigenvalue weighted by Gasteiger charge is 2.28. The fraction of sp³-hybridized carbons (Fsp3) is 0.320. The third-order valence-electron chi connectivity index (χ3n) is 5.57. The Morgan fingerprint density at radius 2 is 1.79 bits per heavy atom. The number of aromatic nitrogens is 4. The maximum Gasteiger partial charge on any atom is 0.333 e. The predicted molar refractivity (Wildman–Crippen MR) is 132 cm³/mol. The first-order valence-electron chi connectivity index (χ1n) is 11.3. The molecule has 0 unspecified atom stereocenters. The van der Waals surface area contributed by atoms with E-state index in [9.17, 15) is 9.59 Å². The first-order chi connectivity index (χ1) is 16.6. The molecule has 8 nitrogen and oxygen atoms in total. The maximum absolute atomic E-state index is 13.1. The molecular formula is C25H27N5O3S. The Balaban J connectivity index is 1.60. The molecule has 0 saturated heterocycles. The second-order valence-electron chi connectivity index (χ2n) is 7.83. The number of rotatable bonds is 9. The average molecular weight is 478 g/mol. The van der Waals surface area contributed by atoms with Crippen LogP contribution in [-0.4, -0.2) is 44.0 Å². The van der Waals surface area contributed by atoms with Crippen LogP contribution in [0, 0.1) is 0 Å². The Morgan fingerprint density at radius 1 is 1.06 bits per heavy atom. The zero-order valence-corrected chi connectivity index (χ0v) is 20.2. The zero-order valence-electron chi connectivity index (χ0n) is 19.4. The van der Waals surface area contributed by atoms with E-state index in [0.29, 0.717) is 17.1 Å². The highest BCUT2D eigenvalue weighted by molar-refractivity contribution is 8.00. The van der Waals surface area contributed by atoms with E-state index in [1.54, 1.807) is 12.1 Å². The van der Waals surface area contributed by atoms with Gasteiger partial charge in [0.2, 0.25) is 11.1 Å². The molecule has 0 spiro atoms. The molecule has 0 aliphatic carbocycles. The van der Waals surface area contributed by atoms with Crippen molar-refractivity contribution >= 4 is 45.7 Å². The summed E-state index contributed by atoms with van der Waals surface area (Å²) in [5, 5.41) is 12.5. The molecule has 0 saturated carbocycles. The van der Waals surface area contributed by atoms with E-state index in [1.165, 1.54) is 18.9 Å². The van der Waals surface area contributed by atoms with Crippen molar-refractivity contribution in [2.75, 3.05) is 7.11 Å². The van der Waals surface area contributed by atoms with Crippen LogP contribution in [0.5, 0.6) is 0 Å². The number of amides is 1. The molecule has 0 aliphatic rings. The molecule has 4 aromatic rings. The number of carbonyl (C=O) groups is 2. The van der Waals surface area contributed by atoms with Gasteiger partial charge < -0.3 is 14.6 Å². The fourth-order valence-electron chi connectivity index (χ4n) is 3.92. The summed E-state index contributed by atoms with van der Waals surface area (Å²) in [7, 11) is 1.31. The van der Waals surface area contributed by atoms with Crippen molar-refractivity contribution < 1.29 is 14.3 Å². The average Bonchev–Trinajstić information content (AvgIpc) is 3.19. The largest absolute Gasteiger partial charge is 0.467 e. The number of esters is 1. The number of aryl methyl sites for hydroxylation is 1. The molecule has 1 N–H and O–H groups in total. The minimum Gasteiger partial charge on any atom is -0.467 e. The standard InChI is InChI=1S/C25H27N5O3S/c1-4-15-30-18-14-10-9-13-17(18)21-22(30)27-25(29-28-21)34-19(5-2)23(31)26-20(24(32)33-3)16-11-7-6-8-12-16/h6-14,19-20H,4-5,15H2,1-3H3,(H,26,31)/t19-,20-/m0/s1. The lowest BCUT2D eigenvalue weighted by molar-refractivity contribution is -0.145. The molecule has 0 aliphatic heterocycles. The van der Waals surface area contributed by atoms with Gasteiger partial charge in [0, 0.05) is 11.9 Å². The third kappa shape index (κ3) is 4.75. The summed E-state index contributed by atoms with van der Waals surface area (Å²) in [5.41, 5.74) is 3.23. The normalized spacial score (nSPS) is 13.0. The highest BCUT2D eigenvalue weighted by atomic mass is 32.2. The van der Waals surface area contributed by atoms with Gasteiger partial charge in [0.05, 0.1) is 17.9 Å². The van der Waals surface area contributed by atoms with Crippen molar-refractivity contribution in [1.82, 2.24) is 25.1 Å². The van der Waals surface area contributed by atoms with E-state index < -0.39 is 17.3 Å². The Morgan fingerprint density at radius 3 is 2.50 bits per heavy atom. The summed E-state index contributed by atoms with van der Waals surface area (Å²) in [6, 6.07) is 16.2. The van der Waals surface area contributed by atoms with Crippen LogP contribution in [0.2, 0.25) is 0 Å². The van der Waals surface area contributed by atoms with Crippen LogP contribution in [0.1, 0.15) is 38.3 Å². The van der Waals surface area contributed by atoms with E-state index >= 15 is 0 Å². The second kappa shape index (κ2) is 10.6. The van der Waals surface area contributed by atoms with Gasteiger partial charge in [0.1, 0.15) is 5.52 Å². The van der Waals surface area contributed by atoms with Crippen LogP contribution in [0.4, 0.5) is 0 Å². The third-order valence-corrected chi connectivity index (χ3v) is 6.78. The molecule has 2 aromatic heterocycles. The summed E-state index contributed by atoms with van der Waals surface area (Å²) in [4.78, 5) is 30.3. The molecule has 2 aromatic carbocycles. The van der Waals surface area contributed by atoms with Crippen molar-refractivity contribution in [3.63, 3.8) is 0 Å². The van der Waals surface area contributed by atoms with Gasteiger partial charge in [-0.25, -0.2) is 9.78 Å². The maximum atomic E-state index is 13.1. The number of para-hydroxylation sites is 1. The minimum absolute atomic E-state index is 0.287. The quantitative estimate of drug-likeness (QED) is 0.284. The molecule has 2 atom stereocenters. The topological polar surface area (TPSA) is 99.0 Å². The molecular weight excluding hydrogens is 450 g/mol. The van der Waals surface area contributed by atoms with Crippen molar-refractivity contribution in [3.05, 3.63) is 60.2 Å². The number of methoxy groups -OCH3 is 1. The molecule has 0 radical (unpaired) electrons. The Kier molecular flexibility index (Phi) is 7.42. The Labute approximate surface area is 202 Å². The monoisotopic (exact) mass is 477 g/mol. The van der Waals surface area contributed by atoms with Crippen LogP contribution < -0.4 is 5.32 Å². The molecule has 0 fully saturated rings. The predicted octanol–water partition coefficient (Wildman–Crippen LogP) is 4.29. The molecule has 0 bridgehead atoms. The van der Waals surface area contributed by atoms with Crippen molar-refractivity contribution in [2.24, 2.45) is 0 Å². The number of fused-ring (bicyclic) bond motifs is 3. The van der Waals surface area contributed by atoms with Gasteiger partial charge >= 0.3 is 5.97 Å². The number of hydrogen-bond acceptors (Lipinski definition) is 7. The van der Waals surface area contributed by atoms with Crippen LogP contribution in [-0.2, 0) is 20.9 Å². The number of benzene rings is 2. The van der Waals surface area contributed by atoms with Gasteiger partial charge in [-0.1, -0.05) is 74.1 Å². The lowest BCUT2D eigenvalue weighted by atomic mass is 10.1. The van der Waals surface area contributed by atoms with Crippen LogP contribution in [0.15, 0.2) is 59.8 Å². The minimum atomic E-state index is -0.887. The number of carbonyl (C=O) groups excluding carboxylic acids is 2. The number of nitrogens with zero attached hydrogens (tertiary/aromatic N) is 4. The first-order valence-corrected chi connectivity index (χ1v) is 12.2. The van der Waals surface area contributed by atoms with E-state index in [0.717, 1.165) is 35.0 Å². The highest BCUT2D eigenvalue weighted by Crippen LogP contribution is 2.29. The fourth-order valence-corrected chi connectivity index (χ4v) is 4.74. The lowest BCUT2D eigenvalue weighted by Crippen LogP contribution is -2.39. The SMILES string of the molecule is CCCn1c2ccccc2c2nnc(S[C@@H](CC)C(=O)N[C@H](C(=O)OC)c3ccccc3)nc21. The van der Waals surface area contributed by atoms with Gasteiger partial charge in [0.25, 0.3) is 0 Å². The van der Waals surface area contributed by atoms with Gasteiger partial charge in [0.15, 0.2) is 11.7 Å². The van der Waals surface area contributed by atoms with E-state index in [2.05, 4.69) is 33.1 Å². The summed E-state index contributed by atoms with van der Waals surface area (Å²) in [6.45, 7) is 4.84. The number of thioether (sulfide) groups is 1. The van der Waals surface area contributed by atoms with Gasteiger partial charge in [-0.2, -0.15) is 0 Å². The van der Waals surface area contributed by atoms with Crippen molar-refractivity contribution in [2.45, 2.75) is 49.7 Å². The zero-order chi connectivity index (χ0) is 24.1. The molecule has 4 rings (SSSR count). The van der Waals surface area contributed by atoms with E-state index in [4.69, 9.17) is 9.72 Å². The van der Waals surface area contributed by atoms with Crippen molar-refractivity contribution in [3.8, 4) is 0 Å². The molecule has 1 amide bonds. The molecule has 176 valence electrons. The number of nitrogens with one attached hydrogen (secondary N) is 1. The molecule has 34 heavy (non-hydrogen) atoms. The van der Waals surface area contributed by atoms with Gasteiger partial charge in [-0.15, -0.1) is 10.2 Å². The molecule has 2 heterocycles. The van der Waals surface area contributed by atoms with Gasteiger partial charge in [-0.3, -0.25) is 4.79 Å². The number of ether oxygens (including phenoxy) is 1. The number of hydrogen-bond donors (Lipinski definition) is 1. The van der Waals surface area contributed by atoms with Crippen molar-refractivity contribution in [1.29, 1.82) is 0 Å². The summed E-state index contributed by atoms with van der Waals surface area (Å²) in [6.07, 6.45) is 1.48. The van der Waals surface area contributed by atoms with Gasteiger partial charge in [-0.05, 0) is 24.5 Å². The first kappa shape index (κ1) is 23.7. The Bertz CT molecular complexity index is 1310. The smallest absolute Gasteiger partial charge is 0.333 e. The van der Waals surface area contributed by atoms with Crippen LogP contribution >= 0.6 is 11.8 Å². The summed E-state index contributed by atoms with van der Waals surface area (Å²) < 4.78 is 7.06.